The number of thioether (sulfide) groups is 1. The molecular formula is C16H16IN3O3S. The van der Waals surface area contributed by atoms with E-state index < -0.39 is 4.92 Å². The smallest absolute Gasteiger partial charge is 0.287 e. The molecule has 2 rings (SSSR count). The predicted molar refractivity (Wildman–Crippen MR) is 103 cm³/mol. The molecule has 0 atom stereocenters. The van der Waals surface area contributed by atoms with Gasteiger partial charge < -0.3 is 5.32 Å². The van der Waals surface area contributed by atoms with Gasteiger partial charge in [-0.3, -0.25) is 14.9 Å². The summed E-state index contributed by atoms with van der Waals surface area (Å²) in [7, 11) is 0. The third kappa shape index (κ3) is 5.17. The van der Waals surface area contributed by atoms with Crippen molar-refractivity contribution in [1.82, 2.24) is 4.98 Å². The molecular weight excluding hydrogens is 441 g/mol. The Morgan fingerprint density at radius 3 is 2.71 bits per heavy atom. The Balaban J connectivity index is 1.97. The number of nitrogens with one attached hydrogen (secondary N) is 1. The van der Waals surface area contributed by atoms with Crippen LogP contribution < -0.4 is 5.32 Å². The van der Waals surface area contributed by atoms with Crippen molar-refractivity contribution in [2.75, 3.05) is 11.1 Å². The highest BCUT2D eigenvalue weighted by atomic mass is 127. The zero-order valence-corrected chi connectivity index (χ0v) is 16.1. The number of rotatable bonds is 6. The topological polar surface area (TPSA) is 85.1 Å². The van der Waals surface area contributed by atoms with Gasteiger partial charge in [0.1, 0.15) is 6.20 Å². The Labute approximate surface area is 157 Å². The fourth-order valence-corrected chi connectivity index (χ4v) is 3.17. The van der Waals surface area contributed by atoms with Crippen molar-refractivity contribution in [3.05, 3.63) is 55.8 Å². The van der Waals surface area contributed by atoms with Crippen LogP contribution in [-0.4, -0.2) is 21.6 Å². The van der Waals surface area contributed by atoms with Gasteiger partial charge >= 0.3 is 0 Å². The second-order valence-electron chi connectivity index (χ2n) is 5.33. The lowest BCUT2D eigenvalue weighted by molar-refractivity contribution is -0.385. The highest BCUT2D eigenvalue weighted by Crippen LogP contribution is 2.26. The summed E-state index contributed by atoms with van der Waals surface area (Å²) in [5.74, 6) is 0.358. The van der Waals surface area contributed by atoms with E-state index in [0.29, 0.717) is 10.9 Å². The van der Waals surface area contributed by atoms with Gasteiger partial charge in [0.05, 0.1) is 15.7 Å². The van der Waals surface area contributed by atoms with Gasteiger partial charge in [-0.05, 0) is 58.3 Å². The summed E-state index contributed by atoms with van der Waals surface area (Å²) < 4.78 is 1.12. The molecule has 0 fully saturated rings. The second kappa shape index (κ2) is 8.43. The predicted octanol–water partition coefficient (Wildman–Crippen LogP) is 4.45. The Morgan fingerprint density at radius 2 is 2.12 bits per heavy atom. The number of hydrogen-bond acceptors (Lipinski definition) is 5. The van der Waals surface area contributed by atoms with E-state index in [1.54, 1.807) is 6.07 Å². The fourth-order valence-electron chi connectivity index (χ4n) is 2.02. The maximum absolute atomic E-state index is 12.2. The highest BCUT2D eigenvalue weighted by molar-refractivity contribution is 14.1. The lowest BCUT2D eigenvalue weighted by Crippen LogP contribution is -2.15. The molecule has 24 heavy (non-hydrogen) atoms. The first-order chi connectivity index (χ1) is 11.4. The zero-order chi connectivity index (χ0) is 17.7. The fraction of sp³-hybridized carbons (Fsp3) is 0.250. The lowest BCUT2D eigenvalue weighted by Gasteiger charge is -2.14. The molecule has 6 nitrogen and oxygen atoms in total. The van der Waals surface area contributed by atoms with Gasteiger partial charge in [0.25, 0.3) is 5.69 Å². The van der Waals surface area contributed by atoms with E-state index in [4.69, 9.17) is 0 Å². The summed E-state index contributed by atoms with van der Waals surface area (Å²) in [5.41, 5.74) is 1.84. The van der Waals surface area contributed by atoms with Gasteiger partial charge in [-0.25, -0.2) is 4.98 Å². The molecule has 0 saturated carbocycles. The number of nitro groups is 1. The molecule has 8 heteroatoms. The van der Waals surface area contributed by atoms with E-state index >= 15 is 0 Å². The van der Waals surface area contributed by atoms with Crippen molar-refractivity contribution < 1.29 is 9.72 Å². The SMILES string of the molecule is CC(C)c1cc(I)ccc1NC(=O)CSc1ccc([N+](=O)[O-])cn1. The molecule has 1 heterocycles. The average molecular weight is 457 g/mol. The van der Waals surface area contributed by atoms with E-state index in [0.717, 1.165) is 14.8 Å². The van der Waals surface area contributed by atoms with Gasteiger partial charge in [-0.15, -0.1) is 0 Å². The molecule has 1 aromatic carbocycles. The van der Waals surface area contributed by atoms with Gasteiger partial charge in [0.2, 0.25) is 5.91 Å². The highest BCUT2D eigenvalue weighted by Gasteiger charge is 2.12. The maximum Gasteiger partial charge on any atom is 0.287 e. The van der Waals surface area contributed by atoms with Crippen molar-refractivity contribution >= 4 is 51.6 Å². The van der Waals surface area contributed by atoms with Gasteiger partial charge in [0.15, 0.2) is 0 Å². The molecule has 0 aliphatic heterocycles. The van der Waals surface area contributed by atoms with E-state index in [1.807, 2.05) is 12.1 Å². The van der Waals surface area contributed by atoms with E-state index in [2.05, 4.69) is 52.8 Å². The van der Waals surface area contributed by atoms with Crippen LogP contribution in [0.2, 0.25) is 0 Å². The molecule has 0 aliphatic carbocycles. The monoisotopic (exact) mass is 457 g/mol. The summed E-state index contributed by atoms with van der Waals surface area (Å²) in [5, 5.41) is 14.1. The third-order valence-electron chi connectivity index (χ3n) is 3.19. The number of hydrogen-bond donors (Lipinski definition) is 1. The Bertz CT molecular complexity index is 751. The number of carbonyl (C=O) groups is 1. The molecule has 1 N–H and O–H groups in total. The number of anilines is 1. The zero-order valence-electron chi connectivity index (χ0n) is 13.2. The normalized spacial score (nSPS) is 10.7. The summed E-state index contributed by atoms with van der Waals surface area (Å²) in [6.07, 6.45) is 1.19. The van der Waals surface area contributed by atoms with Crippen LogP contribution in [0.3, 0.4) is 0 Å². The third-order valence-corrected chi connectivity index (χ3v) is 4.81. The minimum atomic E-state index is -0.502. The Morgan fingerprint density at radius 1 is 1.38 bits per heavy atom. The number of halogens is 1. The lowest BCUT2D eigenvalue weighted by atomic mass is 10.0. The molecule has 126 valence electrons. The van der Waals surface area contributed by atoms with E-state index in [-0.39, 0.29) is 17.3 Å². The number of amides is 1. The average Bonchev–Trinajstić information content (AvgIpc) is 2.54. The number of aromatic nitrogens is 1. The summed E-state index contributed by atoms with van der Waals surface area (Å²) in [6.45, 7) is 4.16. The van der Waals surface area contributed by atoms with Crippen molar-refractivity contribution in [3.63, 3.8) is 0 Å². The molecule has 2 aromatic rings. The van der Waals surface area contributed by atoms with Gasteiger partial charge in [0, 0.05) is 15.3 Å². The molecule has 1 amide bonds. The van der Waals surface area contributed by atoms with Crippen molar-refractivity contribution in [2.45, 2.75) is 24.8 Å². The largest absolute Gasteiger partial charge is 0.325 e. The van der Waals surface area contributed by atoms with Crippen LogP contribution in [0.25, 0.3) is 0 Å². The van der Waals surface area contributed by atoms with E-state index in [9.17, 15) is 14.9 Å². The minimum absolute atomic E-state index is 0.0655. The van der Waals surface area contributed by atoms with Crippen LogP contribution >= 0.6 is 34.4 Å². The van der Waals surface area contributed by atoms with Crippen LogP contribution in [-0.2, 0) is 4.79 Å². The summed E-state index contributed by atoms with van der Waals surface area (Å²) in [6, 6.07) is 8.84. The van der Waals surface area contributed by atoms with Crippen LogP contribution in [0, 0.1) is 13.7 Å². The van der Waals surface area contributed by atoms with Crippen LogP contribution in [0.4, 0.5) is 11.4 Å². The first kappa shape index (κ1) is 18.7. The summed E-state index contributed by atoms with van der Waals surface area (Å²) in [4.78, 5) is 26.2. The van der Waals surface area contributed by atoms with Gasteiger partial charge in [-0.2, -0.15) is 0 Å². The van der Waals surface area contributed by atoms with Crippen molar-refractivity contribution in [3.8, 4) is 0 Å². The van der Waals surface area contributed by atoms with Crippen LogP contribution in [0.15, 0.2) is 41.6 Å². The molecule has 0 saturated heterocycles. The molecule has 0 spiro atoms. The first-order valence-electron chi connectivity index (χ1n) is 7.19. The molecule has 0 bridgehead atoms. The van der Waals surface area contributed by atoms with Crippen LogP contribution in [0.5, 0.6) is 0 Å². The quantitative estimate of drug-likeness (QED) is 0.300. The van der Waals surface area contributed by atoms with Crippen molar-refractivity contribution in [2.24, 2.45) is 0 Å². The maximum atomic E-state index is 12.2. The first-order valence-corrected chi connectivity index (χ1v) is 9.26. The van der Waals surface area contributed by atoms with Crippen LogP contribution in [0.1, 0.15) is 25.3 Å². The Kier molecular flexibility index (Phi) is 6.55. The second-order valence-corrected chi connectivity index (χ2v) is 7.58. The van der Waals surface area contributed by atoms with Gasteiger partial charge in [-0.1, -0.05) is 25.6 Å². The molecule has 1 aromatic heterocycles. The summed E-state index contributed by atoms with van der Waals surface area (Å²) >= 11 is 3.49. The number of carbonyl (C=O) groups excluding carboxylic acids is 1. The minimum Gasteiger partial charge on any atom is -0.325 e. The van der Waals surface area contributed by atoms with Crippen molar-refractivity contribution in [1.29, 1.82) is 0 Å². The molecule has 0 radical (unpaired) electrons. The number of pyridine rings is 1. The van der Waals surface area contributed by atoms with E-state index in [1.165, 1.54) is 24.0 Å². The standard InChI is InChI=1S/C16H16IN3O3S/c1-10(2)13-7-11(17)3-5-14(13)19-15(21)9-24-16-6-4-12(8-18-16)20(22)23/h3-8,10H,9H2,1-2H3,(H,19,21). The molecule has 0 aliphatic rings. The number of benzene rings is 1. The molecule has 0 unspecified atom stereocenters. The Hall–Kier alpha value is -1.68. The number of nitrogens with zero attached hydrogens (tertiary/aromatic N) is 2.